The van der Waals surface area contributed by atoms with Gasteiger partial charge in [-0.15, -0.1) is 13.2 Å². The number of nitrogens with zero attached hydrogens (tertiary/aromatic N) is 2. The third kappa shape index (κ3) is 2.87. The minimum absolute atomic E-state index is 0.173. The van der Waals surface area contributed by atoms with Gasteiger partial charge in [0.1, 0.15) is 5.75 Å². The number of hydrogen-bond acceptors (Lipinski definition) is 3. The lowest BCUT2D eigenvalue weighted by atomic mass is 10.1. The van der Waals surface area contributed by atoms with Crippen LogP contribution in [0.5, 0.6) is 5.75 Å². The molecule has 0 saturated carbocycles. The Bertz CT molecular complexity index is 578. The zero-order valence-electron chi connectivity index (χ0n) is 10.1. The predicted octanol–water partition coefficient (Wildman–Crippen LogP) is 2.44. The Morgan fingerprint density at radius 2 is 1.95 bits per heavy atom. The van der Waals surface area contributed by atoms with Gasteiger partial charge in [-0.25, -0.2) is 0 Å². The average molecular weight is 271 g/mol. The highest BCUT2D eigenvalue weighted by Crippen LogP contribution is 2.35. The Hall–Kier alpha value is -2.02. The SMILES string of the molecule is Cn1ncc(-c2ccccc2OC(F)(F)F)c1CN. The molecule has 0 aliphatic carbocycles. The number of para-hydroxylation sites is 1. The monoisotopic (exact) mass is 271 g/mol. The number of nitrogens with two attached hydrogens (primary N) is 1. The van der Waals surface area contributed by atoms with Crippen molar-refractivity contribution in [2.75, 3.05) is 0 Å². The summed E-state index contributed by atoms with van der Waals surface area (Å²) in [6.07, 6.45) is -3.26. The first kappa shape index (κ1) is 13.4. The molecule has 1 aromatic carbocycles. The van der Waals surface area contributed by atoms with Crippen molar-refractivity contribution in [3.05, 3.63) is 36.2 Å². The molecule has 7 heteroatoms. The van der Waals surface area contributed by atoms with Crippen LogP contribution in [0.3, 0.4) is 0 Å². The fourth-order valence-electron chi connectivity index (χ4n) is 1.83. The van der Waals surface area contributed by atoms with Gasteiger partial charge in [0.15, 0.2) is 0 Å². The number of halogens is 3. The molecule has 0 spiro atoms. The van der Waals surface area contributed by atoms with Crippen LogP contribution in [-0.2, 0) is 13.6 Å². The van der Waals surface area contributed by atoms with Crippen molar-refractivity contribution in [1.29, 1.82) is 0 Å². The maximum absolute atomic E-state index is 12.4. The van der Waals surface area contributed by atoms with Crippen LogP contribution in [0.25, 0.3) is 11.1 Å². The molecule has 2 N–H and O–H groups in total. The highest BCUT2D eigenvalue weighted by Gasteiger charge is 2.32. The van der Waals surface area contributed by atoms with Gasteiger partial charge in [0.25, 0.3) is 0 Å². The molecule has 0 bridgehead atoms. The van der Waals surface area contributed by atoms with Crippen LogP contribution in [0.1, 0.15) is 5.69 Å². The maximum Gasteiger partial charge on any atom is 0.573 e. The smallest absolute Gasteiger partial charge is 0.405 e. The topological polar surface area (TPSA) is 53.1 Å². The fourth-order valence-corrected chi connectivity index (χ4v) is 1.83. The van der Waals surface area contributed by atoms with Crippen molar-refractivity contribution in [2.24, 2.45) is 12.8 Å². The zero-order chi connectivity index (χ0) is 14.0. The quantitative estimate of drug-likeness (QED) is 0.932. The average Bonchev–Trinajstić information content (AvgIpc) is 2.69. The van der Waals surface area contributed by atoms with Gasteiger partial charge in [0.05, 0.1) is 11.9 Å². The van der Waals surface area contributed by atoms with Crippen LogP contribution in [0.4, 0.5) is 13.2 Å². The Morgan fingerprint density at radius 1 is 1.26 bits per heavy atom. The van der Waals surface area contributed by atoms with E-state index in [1.165, 1.54) is 29.1 Å². The highest BCUT2D eigenvalue weighted by atomic mass is 19.4. The molecule has 0 fully saturated rings. The first-order chi connectivity index (χ1) is 8.92. The number of hydrogen-bond donors (Lipinski definition) is 1. The maximum atomic E-state index is 12.4. The van der Waals surface area contributed by atoms with Gasteiger partial charge in [-0.3, -0.25) is 4.68 Å². The molecule has 1 aromatic heterocycles. The first-order valence-corrected chi connectivity index (χ1v) is 5.48. The molecular formula is C12H12F3N3O. The van der Waals surface area contributed by atoms with E-state index in [9.17, 15) is 13.2 Å². The number of aryl methyl sites for hydroxylation is 1. The summed E-state index contributed by atoms with van der Waals surface area (Å²) in [5.41, 5.74) is 7.07. The molecule has 0 atom stereocenters. The van der Waals surface area contributed by atoms with E-state index >= 15 is 0 Å². The third-order valence-electron chi connectivity index (χ3n) is 2.66. The van der Waals surface area contributed by atoms with E-state index in [0.29, 0.717) is 16.8 Å². The van der Waals surface area contributed by atoms with Crippen LogP contribution in [0, 0.1) is 0 Å². The van der Waals surface area contributed by atoms with Crippen molar-refractivity contribution in [1.82, 2.24) is 9.78 Å². The largest absolute Gasteiger partial charge is 0.573 e. The number of aromatic nitrogens is 2. The summed E-state index contributed by atoms with van der Waals surface area (Å²) in [5.74, 6) is -0.266. The van der Waals surface area contributed by atoms with E-state index in [0.717, 1.165) is 0 Å². The van der Waals surface area contributed by atoms with E-state index in [-0.39, 0.29) is 12.3 Å². The predicted molar refractivity (Wildman–Crippen MR) is 63.2 cm³/mol. The number of ether oxygens (including phenoxy) is 1. The van der Waals surface area contributed by atoms with Crippen molar-refractivity contribution < 1.29 is 17.9 Å². The summed E-state index contributed by atoms with van der Waals surface area (Å²) in [5, 5.41) is 4.00. The van der Waals surface area contributed by atoms with E-state index in [1.807, 2.05) is 0 Å². The second-order valence-corrected chi connectivity index (χ2v) is 3.88. The molecule has 0 unspecified atom stereocenters. The molecule has 2 rings (SSSR count). The van der Waals surface area contributed by atoms with Crippen LogP contribution in [0.15, 0.2) is 30.5 Å². The van der Waals surface area contributed by atoms with E-state index in [2.05, 4.69) is 9.84 Å². The van der Waals surface area contributed by atoms with E-state index in [4.69, 9.17) is 5.73 Å². The van der Waals surface area contributed by atoms with Gasteiger partial charge in [-0.1, -0.05) is 18.2 Å². The number of rotatable bonds is 3. The lowest BCUT2D eigenvalue weighted by Gasteiger charge is -2.13. The molecule has 0 aliphatic heterocycles. The molecule has 2 aromatic rings. The van der Waals surface area contributed by atoms with Crippen LogP contribution in [0.2, 0.25) is 0 Å². The molecule has 0 radical (unpaired) electrons. The molecule has 4 nitrogen and oxygen atoms in total. The summed E-state index contributed by atoms with van der Waals surface area (Å²) >= 11 is 0. The minimum Gasteiger partial charge on any atom is -0.405 e. The summed E-state index contributed by atoms with van der Waals surface area (Å²) in [6, 6.07) is 5.91. The molecule has 19 heavy (non-hydrogen) atoms. The van der Waals surface area contributed by atoms with E-state index in [1.54, 1.807) is 13.1 Å². The van der Waals surface area contributed by atoms with Gasteiger partial charge in [0, 0.05) is 24.7 Å². The highest BCUT2D eigenvalue weighted by molar-refractivity contribution is 5.72. The van der Waals surface area contributed by atoms with Crippen LogP contribution < -0.4 is 10.5 Å². The van der Waals surface area contributed by atoms with Crippen molar-refractivity contribution in [3.8, 4) is 16.9 Å². The normalized spacial score (nSPS) is 11.6. The Morgan fingerprint density at radius 3 is 2.58 bits per heavy atom. The van der Waals surface area contributed by atoms with Gasteiger partial charge in [-0.05, 0) is 6.07 Å². The van der Waals surface area contributed by atoms with Gasteiger partial charge in [0.2, 0.25) is 0 Å². The first-order valence-electron chi connectivity index (χ1n) is 5.48. The van der Waals surface area contributed by atoms with Gasteiger partial charge >= 0.3 is 6.36 Å². The van der Waals surface area contributed by atoms with E-state index < -0.39 is 6.36 Å². The van der Waals surface area contributed by atoms with Gasteiger partial charge < -0.3 is 10.5 Å². The second kappa shape index (κ2) is 4.93. The molecule has 0 amide bonds. The minimum atomic E-state index is -4.73. The standard InChI is InChI=1S/C12H12F3N3O/c1-18-10(6-16)9(7-17-18)8-4-2-3-5-11(8)19-12(13,14)15/h2-5,7H,6,16H2,1H3. The fraction of sp³-hybridized carbons (Fsp3) is 0.250. The van der Waals surface area contributed by atoms with Gasteiger partial charge in [-0.2, -0.15) is 5.10 Å². The lowest BCUT2D eigenvalue weighted by molar-refractivity contribution is -0.274. The molecule has 0 saturated heterocycles. The zero-order valence-corrected chi connectivity index (χ0v) is 10.1. The Balaban J connectivity index is 2.50. The Labute approximate surface area is 107 Å². The molecule has 1 heterocycles. The third-order valence-corrected chi connectivity index (χ3v) is 2.66. The van der Waals surface area contributed by atoms with Crippen molar-refractivity contribution in [2.45, 2.75) is 12.9 Å². The lowest BCUT2D eigenvalue weighted by Crippen LogP contribution is -2.17. The van der Waals surface area contributed by atoms with Crippen molar-refractivity contribution in [3.63, 3.8) is 0 Å². The van der Waals surface area contributed by atoms with Crippen molar-refractivity contribution >= 4 is 0 Å². The second-order valence-electron chi connectivity index (χ2n) is 3.88. The summed E-state index contributed by atoms with van der Waals surface area (Å²) < 4.78 is 42.6. The molecular weight excluding hydrogens is 259 g/mol. The van der Waals surface area contributed by atoms with Crippen LogP contribution >= 0.6 is 0 Å². The molecule has 102 valence electrons. The molecule has 0 aliphatic rings. The summed E-state index contributed by atoms with van der Waals surface area (Å²) in [4.78, 5) is 0. The Kier molecular flexibility index (Phi) is 3.48. The summed E-state index contributed by atoms with van der Waals surface area (Å²) in [6.45, 7) is 0.173. The number of alkyl halides is 3. The summed E-state index contributed by atoms with van der Waals surface area (Å²) in [7, 11) is 1.68. The van der Waals surface area contributed by atoms with Crippen LogP contribution in [-0.4, -0.2) is 16.1 Å². The number of benzene rings is 1.